The van der Waals surface area contributed by atoms with Crippen molar-refractivity contribution in [1.82, 2.24) is 0 Å². The van der Waals surface area contributed by atoms with E-state index >= 15 is 0 Å². The van der Waals surface area contributed by atoms with Gasteiger partial charge < -0.3 is 9.47 Å². The summed E-state index contributed by atoms with van der Waals surface area (Å²) >= 11 is 0. The van der Waals surface area contributed by atoms with Crippen LogP contribution in [0.3, 0.4) is 0 Å². The Labute approximate surface area is 110 Å². The van der Waals surface area contributed by atoms with Crippen LogP contribution in [0.5, 0.6) is 5.75 Å². The number of benzene rings is 1. The Hall–Kier alpha value is -1.02. The van der Waals surface area contributed by atoms with Crippen molar-refractivity contribution in [3.05, 3.63) is 29.8 Å². The standard InChI is InChI=1S/C16H24O2/c1-12(2)13-6-5-7-14(10-13)17-11-15-8-9-16(3,4)18-15/h5-7,10,12,15H,8-9,11H2,1-4H3/t15-/m1/s1. The van der Waals surface area contributed by atoms with Crippen LogP contribution in [0.15, 0.2) is 24.3 Å². The second kappa shape index (κ2) is 5.31. The van der Waals surface area contributed by atoms with Gasteiger partial charge in [0, 0.05) is 0 Å². The summed E-state index contributed by atoms with van der Waals surface area (Å²) in [7, 11) is 0. The molecule has 100 valence electrons. The first kappa shape index (κ1) is 13.4. The summed E-state index contributed by atoms with van der Waals surface area (Å²) in [6.07, 6.45) is 2.45. The fourth-order valence-electron chi connectivity index (χ4n) is 2.35. The van der Waals surface area contributed by atoms with Gasteiger partial charge in [0.25, 0.3) is 0 Å². The van der Waals surface area contributed by atoms with Gasteiger partial charge in [0.1, 0.15) is 12.4 Å². The van der Waals surface area contributed by atoms with Crippen LogP contribution in [0.25, 0.3) is 0 Å². The molecule has 1 aliphatic rings. The van der Waals surface area contributed by atoms with Crippen LogP contribution in [0.4, 0.5) is 0 Å². The van der Waals surface area contributed by atoms with Gasteiger partial charge in [-0.15, -0.1) is 0 Å². The van der Waals surface area contributed by atoms with Gasteiger partial charge in [0.05, 0.1) is 11.7 Å². The first-order valence-corrected chi connectivity index (χ1v) is 6.87. The molecule has 2 nitrogen and oxygen atoms in total. The lowest BCUT2D eigenvalue weighted by atomic mass is 10.0. The van der Waals surface area contributed by atoms with E-state index in [9.17, 15) is 0 Å². The Morgan fingerprint density at radius 1 is 1.39 bits per heavy atom. The van der Waals surface area contributed by atoms with Crippen LogP contribution >= 0.6 is 0 Å². The number of hydrogen-bond acceptors (Lipinski definition) is 2. The second-order valence-corrected chi connectivity index (χ2v) is 6.08. The third-order valence-electron chi connectivity index (χ3n) is 3.51. The van der Waals surface area contributed by atoms with Crippen LogP contribution in [0, 0.1) is 0 Å². The summed E-state index contributed by atoms with van der Waals surface area (Å²) in [5.41, 5.74) is 1.34. The molecule has 0 unspecified atom stereocenters. The van der Waals surface area contributed by atoms with E-state index in [1.54, 1.807) is 0 Å². The van der Waals surface area contributed by atoms with Crippen molar-refractivity contribution in [3.63, 3.8) is 0 Å². The van der Waals surface area contributed by atoms with Gasteiger partial charge in [0.2, 0.25) is 0 Å². The Morgan fingerprint density at radius 2 is 2.17 bits per heavy atom. The van der Waals surface area contributed by atoms with Crippen LogP contribution in [-0.4, -0.2) is 18.3 Å². The second-order valence-electron chi connectivity index (χ2n) is 6.08. The highest BCUT2D eigenvalue weighted by molar-refractivity contribution is 5.30. The summed E-state index contributed by atoms with van der Waals surface area (Å²) in [5, 5.41) is 0. The minimum absolute atomic E-state index is 0.0216. The lowest BCUT2D eigenvalue weighted by Crippen LogP contribution is -2.23. The van der Waals surface area contributed by atoms with Gasteiger partial charge in [-0.25, -0.2) is 0 Å². The summed E-state index contributed by atoms with van der Waals surface area (Å²) in [5.74, 6) is 1.49. The van der Waals surface area contributed by atoms with E-state index in [0.29, 0.717) is 12.5 Å². The average molecular weight is 248 g/mol. The van der Waals surface area contributed by atoms with Crippen molar-refractivity contribution in [3.8, 4) is 5.75 Å². The predicted molar refractivity (Wildman–Crippen MR) is 74.2 cm³/mol. The SMILES string of the molecule is CC(C)c1cccc(OC[C@H]2CCC(C)(C)O2)c1. The van der Waals surface area contributed by atoms with Crippen molar-refractivity contribution in [2.24, 2.45) is 0 Å². The zero-order valence-electron chi connectivity index (χ0n) is 11.9. The maximum absolute atomic E-state index is 5.92. The molecule has 0 N–H and O–H groups in total. The molecular formula is C16H24O2. The molecule has 1 aliphatic heterocycles. The van der Waals surface area contributed by atoms with E-state index in [2.05, 4.69) is 45.9 Å². The highest BCUT2D eigenvalue weighted by Gasteiger charge is 2.31. The highest BCUT2D eigenvalue weighted by atomic mass is 16.6. The van der Waals surface area contributed by atoms with Crippen LogP contribution in [0.1, 0.15) is 52.0 Å². The van der Waals surface area contributed by atoms with E-state index < -0.39 is 0 Å². The smallest absolute Gasteiger partial charge is 0.119 e. The normalized spacial score (nSPS) is 22.4. The molecule has 1 heterocycles. The Kier molecular flexibility index (Phi) is 3.96. The molecule has 0 aliphatic carbocycles. The predicted octanol–water partition coefficient (Wildman–Crippen LogP) is 4.15. The molecule has 2 heteroatoms. The zero-order chi connectivity index (χ0) is 13.2. The summed E-state index contributed by atoms with van der Waals surface area (Å²) < 4.78 is 11.8. The van der Waals surface area contributed by atoms with Crippen LogP contribution < -0.4 is 4.74 Å². The molecule has 1 fully saturated rings. The van der Waals surface area contributed by atoms with Crippen molar-refractivity contribution in [1.29, 1.82) is 0 Å². The molecule has 1 saturated heterocycles. The van der Waals surface area contributed by atoms with Crippen LogP contribution in [-0.2, 0) is 4.74 Å². The van der Waals surface area contributed by atoms with Gasteiger partial charge in [-0.2, -0.15) is 0 Å². The quantitative estimate of drug-likeness (QED) is 0.797. The summed E-state index contributed by atoms with van der Waals surface area (Å²) in [4.78, 5) is 0. The summed E-state index contributed by atoms with van der Waals surface area (Å²) in [6.45, 7) is 9.34. The molecule has 2 rings (SSSR count). The van der Waals surface area contributed by atoms with Crippen molar-refractivity contribution in [2.75, 3.05) is 6.61 Å². The third-order valence-corrected chi connectivity index (χ3v) is 3.51. The van der Waals surface area contributed by atoms with Gasteiger partial charge in [-0.05, 0) is 50.3 Å². The number of ether oxygens (including phenoxy) is 2. The van der Waals surface area contributed by atoms with E-state index in [0.717, 1.165) is 18.6 Å². The van der Waals surface area contributed by atoms with E-state index in [4.69, 9.17) is 9.47 Å². The Bertz CT molecular complexity index is 396. The molecule has 0 saturated carbocycles. The Balaban J connectivity index is 1.89. The van der Waals surface area contributed by atoms with Gasteiger partial charge in [-0.1, -0.05) is 26.0 Å². The number of rotatable bonds is 4. The molecule has 0 aromatic heterocycles. The first-order chi connectivity index (χ1) is 8.46. The monoisotopic (exact) mass is 248 g/mol. The minimum Gasteiger partial charge on any atom is -0.491 e. The first-order valence-electron chi connectivity index (χ1n) is 6.87. The molecule has 1 aromatic rings. The molecule has 0 spiro atoms. The topological polar surface area (TPSA) is 18.5 Å². The van der Waals surface area contributed by atoms with Gasteiger partial charge in [0.15, 0.2) is 0 Å². The fraction of sp³-hybridized carbons (Fsp3) is 0.625. The van der Waals surface area contributed by atoms with E-state index in [1.165, 1.54) is 5.56 Å². The Morgan fingerprint density at radius 3 is 2.78 bits per heavy atom. The van der Waals surface area contributed by atoms with Gasteiger partial charge in [-0.3, -0.25) is 0 Å². The average Bonchev–Trinajstić information content (AvgIpc) is 2.67. The maximum atomic E-state index is 5.92. The molecule has 1 aromatic carbocycles. The van der Waals surface area contributed by atoms with Crippen LogP contribution in [0.2, 0.25) is 0 Å². The highest BCUT2D eigenvalue weighted by Crippen LogP contribution is 2.30. The molecule has 18 heavy (non-hydrogen) atoms. The largest absolute Gasteiger partial charge is 0.491 e. The third kappa shape index (κ3) is 3.49. The van der Waals surface area contributed by atoms with Gasteiger partial charge >= 0.3 is 0 Å². The number of hydrogen-bond donors (Lipinski definition) is 0. The summed E-state index contributed by atoms with van der Waals surface area (Å²) in [6, 6.07) is 8.35. The maximum Gasteiger partial charge on any atom is 0.119 e. The molecule has 0 radical (unpaired) electrons. The molecule has 0 amide bonds. The zero-order valence-corrected chi connectivity index (χ0v) is 11.9. The van der Waals surface area contributed by atoms with Crippen molar-refractivity contribution < 1.29 is 9.47 Å². The van der Waals surface area contributed by atoms with E-state index in [1.807, 2.05) is 6.07 Å². The molecule has 1 atom stereocenters. The fourth-order valence-corrected chi connectivity index (χ4v) is 2.35. The molecule has 0 bridgehead atoms. The van der Waals surface area contributed by atoms with Crippen molar-refractivity contribution >= 4 is 0 Å². The van der Waals surface area contributed by atoms with Crippen molar-refractivity contribution in [2.45, 2.75) is 58.2 Å². The molecular weight excluding hydrogens is 224 g/mol. The van der Waals surface area contributed by atoms with E-state index in [-0.39, 0.29) is 11.7 Å². The lowest BCUT2D eigenvalue weighted by Gasteiger charge is -2.19. The lowest BCUT2D eigenvalue weighted by molar-refractivity contribution is -0.0326. The minimum atomic E-state index is 0.0216.